The van der Waals surface area contributed by atoms with E-state index in [4.69, 9.17) is 0 Å². The zero-order valence-electron chi connectivity index (χ0n) is 12.8. The van der Waals surface area contributed by atoms with Gasteiger partial charge in [0.05, 0.1) is 5.92 Å². The van der Waals surface area contributed by atoms with Gasteiger partial charge in [0.15, 0.2) is 0 Å². The number of likely N-dealkylation sites (tertiary alicyclic amines) is 1. The number of aliphatic carboxylic acids is 1. The van der Waals surface area contributed by atoms with Crippen molar-refractivity contribution in [2.24, 2.45) is 5.92 Å². The van der Waals surface area contributed by atoms with Gasteiger partial charge in [0, 0.05) is 12.1 Å². The summed E-state index contributed by atoms with van der Waals surface area (Å²) in [5.74, 6) is -0.746. The summed E-state index contributed by atoms with van der Waals surface area (Å²) >= 11 is 0. The van der Waals surface area contributed by atoms with Gasteiger partial charge in [-0.05, 0) is 56.2 Å². The molecule has 1 fully saturated rings. The van der Waals surface area contributed by atoms with E-state index in [-0.39, 0.29) is 5.92 Å². The Morgan fingerprint density at radius 2 is 2.05 bits per heavy atom. The number of aryl methyl sites for hydroxylation is 1. The van der Waals surface area contributed by atoms with Crippen molar-refractivity contribution in [3.05, 3.63) is 35.4 Å². The Hall–Kier alpha value is -1.35. The summed E-state index contributed by atoms with van der Waals surface area (Å²) in [6.07, 6.45) is 6.20. The molecule has 0 amide bonds. The Kier molecular flexibility index (Phi) is 4.29. The van der Waals surface area contributed by atoms with Gasteiger partial charge in [-0.2, -0.15) is 0 Å². The maximum absolute atomic E-state index is 11.2. The molecule has 2 aliphatic rings. The molecule has 21 heavy (non-hydrogen) atoms. The van der Waals surface area contributed by atoms with Crippen LogP contribution in [0.3, 0.4) is 0 Å². The van der Waals surface area contributed by atoms with Crippen LogP contribution in [0.1, 0.15) is 43.7 Å². The third kappa shape index (κ3) is 2.98. The summed E-state index contributed by atoms with van der Waals surface area (Å²) in [6.45, 7) is 3.14. The third-order valence-electron chi connectivity index (χ3n) is 5.37. The smallest absolute Gasteiger partial charge is 0.306 e. The fourth-order valence-corrected chi connectivity index (χ4v) is 4.14. The lowest BCUT2D eigenvalue weighted by molar-refractivity contribution is -0.144. The SMILES string of the molecule is CCC1CC(C(=O)O)CCN1C1CCc2ccccc2C1. The molecule has 0 bridgehead atoms. The molecule has 3 rings (SSSR count). The van der Waals surface area contributed by atoms with Crippen LogP contribution in [0.4, 0.5) is 0 Å². The minimum atomic E-state index is -0.609. The molecule has 3 heteroatoms. The number of rotatable bonds is 3. The summed E-state index contributed by atoms with van der Waals surface area (Å²) in [5.41, 5.74) is 2.99. The van der Waals surface area contributed by atoms with Crippen LogP contribution in [0.2, 0.25) is 0 Å². The number of carbonyl (C=O) groups is 1. The van der Waals surface area contributed by atoms with Gasteiger partial charge in [-0.1, -0.05) is 31.2 Å². The molecule has 114 valence electrons. The Bertz CT molecular complexity index is 514. The van der Waals surface area contributed by atoms with Crippen LogP contribution in [-0.4, -0.2) is 34.6 Å². The number of carboxylic acid groups (broad SMARTS) is 1. The van der Waals surface area contributed by atoms with Crippen molar-refractivity contribution in [2.45, 2.75) is 57.5 Å². The topological polar surface area (TPSA) is 40.5 Å². The van der Waals surface area contributed by atoms with E-state index >= 15 is 0 Å². The average Bonchev–Trinajstić information content (AvgIpc) is 2.53. The predicted molar refractivity (Wildman–Crippen MR) is 83.4 cm³/mol. The molecule has 1 aromatic rings. The minimum absolute atomic E-state index is 0.137. The lowest BCUT2D eigenvalue weighted by atomic mass is 9.83. The summed E-state index contributed by atoms with van der Waals surface area (Å²) in [5, 5.41) is 9.26. The van der Waals surface area contributed by atoms with E-state index in [0.717, 1.165) is 38.6 Å². The third-order valence-corrected chi connectivity index (χ3v) is 5.37. The van der Waals surface area contributed by atoms with E-state index in [1.165, 1.54) is 17.5 Å². The number of hydrogen-bond acceptors (Lipinski definition) is 2. The lowest BCUT2D eigenvalue weighted by Gasteiger charge is -2.44. The highest BCUT2D eigenvalue weighted by Gasteiger charge is 2.35. The summed E-state index contributed by atoms with van der Waals surface area (Å²) in [7, 11) is 0. The standard InChI is InChI=1S/C18H25NO2/c1-2-16-12-15(18(20)21)9-10-19(16)17-8-7-13-5-3-4-6-14(13)11-17/h3-6,15-17H,2,7-12H2,1H3,(H,20,21). The first-order chi connectivity index (χ1) is 10.2. The van der Waals surface area contributed by atoms with Gasteiger partial charge in [-0.3, -0.25) is 9.69 Å². The molecule has 0 radical (unpaired) electrons. The molecule has 3 atom stereocenters. The van der Waals surface area contributed by atoms with Crippen LogP contribution in [0.5, 0.6) is 0 Å². The van der Waals surface area contributed by atoms with Crippen molar-refractivity contribution < 1.29 is 9.90 Å². The molecule has 1 saturated heterocycles. The van der Waals surface area contributed by atoms with Crippen molar-refractivity contribution in [1.82, 2.24) is 4.90 Å². The van der Waals surface area contributed by atoms with E-state index in [1.54, 1.807) is 0 Å². The largest absolute Gasteiger partial charge is 0.481 e. The van der Waals surface area contributed by atoms with Crippen LogP contribution in [0.25, 0.3) is 0 Å². The second-order valence-electron chi connectivity index (χ2n) is 6.52. The molecule has 3 nitrogen and oxygen atoms in total. The second kappa shape index (κ2) is 6.18. The number of carboxylic acids is 1. The molecule has 1 N–H and O–H groups in total. The van der Waals surface area contributed by atoms with Gasteiger partial charge >= 0.3 is 5.97 Å². The molecule has 1 heterocycles. The quantitative estimate of drug-likeness (QED) is 0.928. The zero-order chi connectivity index (χ0) is 14.8. The highest BCUT2D eigenvalue weighted by molar-refractivity contribution is 5.70. The molecular formula is C18H25NO2. The van der Waals surface area contributed by atoms with Crippen LogP contribution < -0.4 is 0 Å². The molecular weight excluding hydrogens is 262 g/mol. The molecule has 3 unspecified atom stereocenters. The predicted octanol–water partition coefficient (Wildman–Crippen LogP) is 3.12. The molecule has 1 aliphatic carbocycles. The van der Waals surface area contributed by atoms with Crippen LogP contribution in [-0.2, 0) is 17.6 Å². The van der Waals surface area contributed by atoms with E-state index in [1.807, 2.05) is 0 Å². The highest BCUT2D eigenvalue weighted by Crippen LogP contribution is 2.32. The van der Waals surface area contributed by atoms with Crippen molar-refractivity contribution in [3.8, 4) is 0 Å². The van der Waals surface area contributed by atoms with Gasteiger partial charge in [-0.25, -0.2) is 0 Å². The normalized spacial score (nSPS) is 29.9. The molecule has 0 aromatic heterocycles. The number of nitrogens with zero attached hydrogens (tertiary/aromatic N) is 1. The number of piperidine rings is 1. The Morgan fingerprint density at radius 1 is 1.29 bits per heavy atom. The minimum Gasteiger partial charge on any atom is -0.481 e. The van der Waals surface area contributed by atoms with Crippen molar-refractivity contribution in [3.63, 3.8) is 0 Å². The first-order valence-electron chi connectivity index (χ1n) is 8.24. The summed E-state index contributed by atoms with van der Waals surface area (Å²) < 4.78 is 0. The van der Waals surface area contributed by atoms with Crippen molar-refractivity contribution in [2.75, 3.05) is 6.54 Å². The molecule has 1 aromatic carbocycles. The van der Waals surface area contributed by atoms with Gasteiger partial charge in [-0.15, -0.1) is 0 Å². The van der Waals surface area contributed by atoms with E-state index in [9.17, 15) is 9.90 Å². The molecule has 1 aliphatic heterocycles. The first kappa shape index (κ1) is 14.6. The van der Waals surface area contributed by atoms with Crippen LogP contribution in [0.15, 0.2) is 24.3 Å². The van der Waals surface area contributed by atoms with Crippen LogP contribution >= 0.6 is 0 Å². The van der Waals surface area contributed by atoms with Gasteiger partial charge < -0.3 is 5.11 Å². The summed E-state index contributed by atoms with van der Waals surface area (Å²) in [4.78, 5) is 13.9. The van der Waals surface area contributed by atoms with Gasteiger partial charge in [0.2, 0.25) is 0 Å². The fourth-order valence-electron chi connectivity index (χ4n) is 4.14. The van der Waals surface area contributed by atoms with Gasteiger partial charge in [0.1, 0.15) is 0 Å². The Balaban J connectivity index is 1.71. The maximum atomic E-state index is 11.2. The maximum Gasteiger partial charge on any atom is 0.306 e. The number of hydrogen-bond donors (Lipinski definition) is 1. The zero-order valence-corrected chi connectivity index (χ0v) is 12.8. The van der Waals surface area contributed by atoms with E-state index in [2.05, 4.69) is 36.1 Å². The van der Waals surface area contributed by atoms with Crippen molar-refractivity contribution in [1.29, 1.82) is 0 Å². The van der Waals surface area contributed by atoms with E-state index in [0.29, 0.717) is 12.1 Å². The molecule has 0 saturated carbocycles. The average molecular weight is 287 g/mol. The lowest BCUT2D eigenvalue weighted by Crippen LogP contribution is -2.51. The summed E-state index contributed by atoms with van der Waals surface area (Å²) in [6, 6.07) is 9.81. The van der Waals surface area contributed by atoms with Crippen LogP contribution in [0, 0.1) is 5.92 Å². The number of fused-ring (bicyclic) bond motifs is 1. The monoisotopic (exact) mass is 287 g/mol. The Morgan fingerprint density at radius 3 is 2.76 bits per heavy atom. The first-order valence-corrected chi connectivity index (χ1v) is 8.24. The highest BCUT2D eigenvalue weighted by atomic mass is 16.4. The second-order valence-corrected chi connectivity index (χ2v) is 6.52. The van der Waals surface area contributed by atoms with Crippen molar-refractivity contribution >= 4 is 5.97 Å². The van der Waals surface area contributed by atoms with E-state index < -0.39 is 5.97 Å². The fraction of sp³-hybridized carbons (Fsp3) is 0.611. The molecule has 0 spiro atoms. The number of benzene rings is 1. The Labute approximate surface area is 127 Å². The van der Waals surface area contributed by atoms with Gasteiger partial charge in [0.25, 0.3) is 0 Å².